The minimum Gasteiger partial charge on any atom is -0.493 e. The zero-order chi connectivity index (χ0) is 19.3. The molecule has 9 heteroatoms. The minimum atomic E-state index is -0.710. The SMILES string of the molecule is COc1cc(COC(=O)c2ccc([N+](=O)[O-])cc2Cl)cc(OC)c1OC. The van der Waals surface area contributed by atoms with Crippen molar-refractivity contribution < 1.29 is 28.7 Å². The van der Waals surface area contributed by atoms with Gasteiger partial charge in [0.1, 0.15) is 6.61 Å². The highest BCUT2D eigenvalue weighted by atomic mass is 35.5. The highest BCUT2D eigenvalue weighted by Crippen LogP contribution is 2.38. The number of non-ortho nitro benzene ring substituents is 1. The zero-order valence-corrected chi connectivity index (χ0v) is 15.0. The Morgan fingerprint density at radius 2 is 1.69 bits per heavy atom. The lowest BCUT2D eigenvalue weighted by Gasteiger charge is -2.14. The largest absolute Gasteiger partial charge is 0.493 e. The Morgan fingerprint density at radius 1 is 1.08 bits per heavy atom. The van der Waals surface area contributed by atoms with Crippen LogP contribution in [0.1, 0.15) is 15.9 Å². The number of ether oxygens (including phenoxy) is 4. The maximum Gasteiger partial charge on any atom is 0.339 e. The average Bonchev–Trinajstić information content (AvgIpc) is 2.64. The molecular weight excluding hydrogens is 366 g/mol. The van der Waals surface area contributed by atoms with Crippen molar-refractivity contribution in [3.05, 3.63) is 56.6 Å². The van der Waals surface area contributed by atoms with Gasteiger partial charge in [0.05, 0.1) is 36.8 Å². The van der Waals surface area contributed by atoms with Gasteiger partial charge in [0.2, 0.25) is 5.75 Å². The maximum atomic E-state index is 12.2. The van der Waals surface area contributed by atoms with Crippen LogP contribution in [0.2, 0.25) is 5.02 Å². The second-order valence-electron chi connectivity index (χ2n) is 5.03. The van der Waals surface area contributed by atoms with E-state index in [9.17, 15) is 14.9 Å². The van der Waals surface area contributed by atoms with Crippen LogP contribution in [0.4, 0.5) is 5.69 Å². The van der Waals surface area contributed by atoms with E-state index in [1.165, 1.54) is 33.5 Å². The molecule has 0 aliphatic heterocycles. The molecule has 2 aromatic carbocycles. The number of hydrogen-bond donors (Lipinski definition) is 0. The number of carbonyl (C=O) groups is 1. The molecule has 0 saturated heterocycles. The third kappa shape index (κ3) is 4.15. The summed E-state index contributed by atoms with van der Waals surface area (Å²) in [5.74, 6) is 0.555. The summed E-state index contributed by atoms with van der Waals surface area (Å²) in [6.45, 7) is -0.0805. The van der Waals surface area contributed by atoms with Crippen molar-refractivity contribution in [2.75, 3.05) is 21.3 Å². The summed E-state index contributed by atoms with van der Waals surface area (Å²) in [6.07, 6.45) is 0. The van der Waals surface area contributed by atoms with Gasteiger partial charge in [0.25, 0.3) is 5.69 Å². The molecule has 0 fully saturated rings. The van der Waals surface area contributed by atoms with Crippen molar-refractivity contribution in [2.24, 2.45) is 0 Å². The van der Waals surface area contributed by atoms with Crippen LogP contribution >= 0.6 is 11.6 Å². The van der Waals surface area contributed by atoms with E-state index in [1.807, 2.05) is 0 Å². The first-order chi connectivity index (χ1) is 12.4. The molecule has 0 bridgehead atoms. The average molecular weight is 382 g/mol. The third-order valence-corrected chi connectivity index (χ3v) is 3.79. The van der Waals surface area contributed by atoms with Gasteiger partial charge in [-0.1, -0.05) is 11.6 Å². The quantitative estimate of drug-likeness (QED) is 0.410. The van der Waals surface area contributed by atoms with Gasteiger partial charge < -0.3 is 18.9 Å². The van der Waals surface area contributed by atoms with Gasteiger partial charge in [-0.25, -0.2) is 4.79 Å². The van der Waals surface area contributed by atoms with Gasteiger partial charge in [-0.15, -0.1) is 0 Å². The molecule has 0 saturated carbocycles. The second kappa shape index (κ2) is 8.39. The molecule has 26 heavy (non-hydrogen) atoms. The molecule has 0 aliphatic rings. The molecule has 2 rings (SSSR count). The highest BCUT2D eigenvalue weighted by Gasteiger charge is 2.18. The number of nitro benzene ring substituents is 1. The standard InChI is InChI=1S/C17H16ClNO7/c1-23-14-6-10(7-15(24-2)16(14)25-3)9-26-17(20)12-5-4-11(19(21)22)8-13(12)18/h4-8H,9H2,1-3H3. The number of nitro groups is 1. The molecule has 2 aromatic rings. The van der Waals surface area contributed by atoms with Gasteiger partial charge in [0, 0.05) is 12.1 Å². The molecule has 8 nitrogen and oxygen atoms in total. The van der Waals surface area contributed by atoms with Crippen LogP contribution < -0.4 is 14.2 Å². The van der Waals surface area contributed by atoms with E-state index in [4.69, 9.17) is 30.5 Å². The Morgan fingerprint density at radius 3 is 2.15 bits per heavy atom. The van der Waals surface area contributed by atoms with E-state index in [-0.39, 0.29) is 22.9 Å². The van der Waals surface area contributed by atoms with Crippen molar-refractivity contribution in [3.63, 3.8) is 0 Å². The minimum absolute atomic E-state index is 0.0321. The summed E-state index contributed by atoms with van der Waals surface area (Å²) >= 11 is 5.92. The van der Waals surface area contributed by atoms with Crippen LogP contribution in [0.3, 0.4) is 0 Å². The van der Waals surface area contributed by atoms with Crippen LogP contribution in [0.5, 0.6) is 17.2 Å². The lowest BCUT2D eigenvalue weighted by molar-refractivity contribution is -0.384. The fourth-order valence-corrected chi connectivity index (χ4v) is 2.48. The Bertz CT molecular complexity index is 813. The molecule has 0 atom stereocenters. The number of carbonyl (C=O) groups excluding carboxylic acids is 1. The topological polar surface area (TPSA) is 97.1 Å². The molecule has 0 radical (unpaired) electrons. The second-order valence-corrected chi connectivity index (χ2v) is 5.44. The number of halogens is 1. The summed E-state index contributed by atoms with van der Waals surface area (Å²) in [5.41, 5.74) is 0.423. The number of hydrogen-bond acceptors (Lipinski definition) is 7. The van der Waals surface area contributed by atoms with E-state index in [0.717, 1.165) is 6.07 Å². The monoisotopic (exact) mass is 381 g/mol. The Balaban J connectivity index is 2.18. The summed E-state index contributed by atoms with van der Waals surface area (Å²) < 4.78 is 20.9. The highest BCUT2D eigenvalue weighted by molar-refractivity contribution is 6.33. The van der Waals surface area contributed by atoms with Gasteiger partial charge in [-0.05, 0) is 23.8 Å². The van der Waals surface area contributed by atoms with Crippen molar-refractivity contribution in [2.45, 2.75) is 6.61 Å². The van der Waals surface area contributed by atoms with E-state index in [2.05, 4.69) is 0 Å². The predicted octanol–water partition coefficient (Wildman–Crippen LogP) is 3.63. The number of methoxy groups -OCH3 is 3. The smallest absolute Gasteiger partial charge is 0.339 e. The lowest BCUT2D eigenvalue weighted by atomic mass is 10.2. The lowest BCUT2D eigenvalue weighted by Crippen LogP contribution is -2.07. The molecule has 0 amide bonds. The predicted molar refractivity (Wildman–Crippen MR) is 93.3 cm³/mol. The van der Waals surface area contributed by atoms with Crippen LogP contribution in [-0.2, 0) is 11.3 Å². The van der Waals surface area contributed by atoms with Crippen LogP contribution in [0.15, 0.2) is 30.3 Å². The normalized spacial score (nSPS) is 10.2. The van der Waals surface area contributed by atoms with E-state index in [0.29, 0.717) is 22.8 Å². The number of rotatable bonds is 7. The van der Waals surface area contributed by atoms with E-state index in [1.54, 1.807) is 12.1 Å². The van der Waals surface area contributed by atoms with Gasteiger partial charge in [0.15, 0.2) is 11.5 Å². The molecule has 0 unspecified atom stereocenters. The van der Waals surface area contributed by atoms with E-state index < -0.39 is 10.9 Å². The first-order valence-corrected chi connectivity index (χ1v) is 7.69. The molecular formula is C17H16ClNO7. The first-order valence-electron chi connectivity index (χ1n) is 7.31. The van der Waals surface area contributed by atoms with Gasteiger partial charge in [-0.2, -0.15) is 0 Å². The number of benzene rings is 2. The molecule has 0 N–H and O–H groups in total. The summed E-state index contributed by atoms with van der Waals surface area (Å²) in [5, 5.41) is 10.7. The summed E-state index contributed by atoms with van der Waals surface area (Å²) in [6, 6.07) is 6.82. The molecule has 0 aliphatic carbocycles. The summed E-state index contributed by atoms with van der Waals surface area (Å²) in [7, 11) is 4.43. The Hall–Kier alpha value is -3.00. The molecule has 138 valence electrons. The van der Waals surface area contributed by atoms with Crippen molar-refractivity contribution >= 4 is 23.3 Å². The van der Waals surface area contributed by atoms with Crippen LogP contribution in [-0.4, -0.2) is 32.2 Å². The maximum absolute atomic E-state index is 12.2. The van der Waals surface area contributed by atoms with Crippen molar-refractivity contribution in [1.29, 1.82) is 0 Å². The third-order valence-electron chi connectivity index (χ3n) is 3.48. The van der Waals surface area contributed by atoms with Crippen molar-refractivity contribution in [3.8, 4) is 17.2 Å². The Kier molecular flexibility index (Phi) is 6.24. The van der Waals surface area contributed by atoms with E-state index >= 15 is 0 Å². The van der Waals surface area contributed by atoms with Crippen LogP contribution in [0, 0.1) is 10.1 Å². The van der Waals surface area contributed by atoms with Gasteiger partial charge in [-0.3, -0.25) is 10.1 Å². The fourth-order valence-electron chi connectivity index (χ4n) is 2.23. The van der Waals surface area contributed by atoms with Crippen LogP contribution in [0.25, 0.3) is 0 Å². The van der Waals surface area contributed by atoms with Crippen molar-refractivity contribution in [1.82, 2.24) is 0 Å². The number of nitrogens with zero attached hydrogens (tertiary/aromatic N) is 1. The zero-order valence-electron chi connectivity index (χ0n) is 14.3. The van der Waals surface area contributed by atoms with Gasteiger partial charge >= 0.3 is 5.97 Å². The molecule has 0 heterocycles. The summed E-state index contributed by atoms with van der Waals surface area (Å²) in [4.78, 5) is 22.3. The first kappa shape index (κ1) is 19.3. The molecule has 0 aromatic heterocycles. The Labute approximate surface area is 154 Å². The molecule has 0 spiro atoms. The fraction of sp³-hybridized carbons (Fsp3) is 0.235. The number of esters is 1.